The van der Waals surface area contributed by atoms with E-state index in [1.807, 2.05) is 0 Å². The van der Waals surface area contributed by atoms with Crippen molar-refractivity contribution in [3.63, 3.8) is 0 Å². The molecule has 1 aliphatic rings. The molecule has 20 heavy (non-hydrogen) atoms. The zero-order valence-electron chi connectivity index (χ0n) is 11.2. The summed E-state index contributed by atoms with van der Waals surface area (Å²) < 4.78 is 15.8. The van der Waals surface area contributed by atoms with Crippen molar-refractivity contribution in [2.45, 2.75) is 20.0 Å². The number of benzene rings is 1. The van der Waals surface area contributed by atoms with Crippen molar-refractivity contribution in [3.8, 4) is 11.5 Å². The summed E-state index contributed by atoms with van der Waals surface area (Å²) >= 11 is 0. The van der Waals surface area contributed by atoms with E-state index in [1.165, 1.54) is 6.07 Å². The average molecular weight is 278 g/mol. The number of fused-ring (bicyclic) bond motifs is 1. The van der Waals surface area contributed by atoms with Gasteiger partial charge in [0.1, 0.15) is 6.61 Å². The highest BCUT2D eigenvalue weighted by Gasteiger charge is 2.30. The summed E-state index contributed by atoms with van der Waals surface area (Å²) in [6.45, 7) is 3.62. The smallest absolute Gasteiger partial charge is 0.350 e. The third kappa shape index (κ3) is 2.49. The molecule has 1 aromatic rings. The van der Waals surface area contributed by atoms with E-state index in [2.05, 4.69) is 0 Å². The molecule has 6 heteroatoms. The second-order valence-electron chi connectivity index (χ2n) is 4.22. The third-order valence-corrected chi connectivity index (χ3v) is 2.94. The summed E-state index contributed by atoms with van der Waals surface area (Å²) in [5.41, 5.74) is 0.695. The predicted octanol–water partition coefficient (Wildman–Crippen LogP) is 1.08. The first-order chi connectivity index (χ1) is 9.58. The highest BCUT2D eigenvalue weighted by molar-refractivity contribution is 6.33. The molecule has 0 N–H and O–H groups in total. The number of carbonyl (C=O) groups is 3. The molecule has 0 bridgehead atoms. The van der Waals surface area contributed by atoms with Crippen LogP contribution in [0.4, 0.5) is 0 Å². The van der Waals surface area contributed by atoms with Gasteiger partial charge in [0, 0.05) is 11.1 Å². The SMILES string of the molecule is CCOC(=O)[C@@H]1COc2ccc(C(=O)C=O)c(C)c2O1. The zero-order valence-corrected chi connectivity index (χ0v) is 11.2. The minimum atomic E-state index is -0.872. The summed E-state index contributed by atoms with van der Waals surface area (Å²) in [4.78, 5) is 33.7. The number of hydrogen-bond donors (Lipinski definition) is 0. The fourth-order valence-corrected chi connectivity index (χ4v) is 1.95. The molecule has 1 aliphatic heterocycles. The van der Waals surface area contributed by atoms with Crippen molar-refractivity contribution < 1.29 is 28.6 Å². The fraction of sp³-hybridized carbons (Fsp3) is 0.357. The van der Waals surface area contributed by atoms with Crippen LogP contribution in [0.1, 0.15) is 22.8 Å². The molecule has 0 aliphatic carbocycles. The lowest BCUT2D eigenvalue weighted by molar-refractivity contribution is -0.153. The highest BCUT2D eigenvalue weighted by Crippen LogP contribution is 2.37. The van der Waals surface area contributed by atoms with E-state index in [4.69, 9.17) is 14.2 Å². The van der Waals surface area contributed by atoms with E-state index >= 15 is 0 Å². The van der Waals surface area contributed by atoms with Crippen LogP contribution >= 0.6 is 0 Å². The Kier molecular flexibility index (Phi) is 4.02. The first kappa shape index (κ1) is 14.0. The maximum absolute atomic E-state index is 11.6. The van der Waals surface area contributed by atoms with Crippen LogP contribution in [0.2, 0.25) is 0 Å². The molecule has 0 amide bonds. The molecule has 6 nitrogen and oxygen atoms in total. The highest BCUT2D eigenvalue weighted by atomic mass is 16.6. The van der Waals surface area contributed by atoms with E-state index in [0.717, 1.165) is 0 Å². The Morgan fingerprint density at radius 1 is 1.45 bits per heavy atom. The van der Waals surface area contributed by atoms with E-state index < -0.39 is 17.9 Å². The summed E-state index contributed by atoms with van der Waals surface area (Å²) in [6.07, 6.45) is -0.635. The number of ketones is 1. The van der Waals surface area contributed by atoms with Crippen LogP contribution in [-0.4, -0.2) is 37.4 Å². The van der Waals surface area contributed by atoms with Gasteiger partial charge in [-0.1, -0.05) is 0 Å². The third-order valence-electron chi connectivity index (χ3n) is 2.94. The zero-order chi connectivity index (χ0) is 14.7. The lowest BCUT2D eigenvalue weighted by atomic mass is 10.0. The minimum Gasteiger partial charge on any atom is -0.485 e. The predicted molar refractivity (Wildman–Crippen MR) is 68.1 cm³/mol. The number of carbonyl (C=O) groups excluding carboxylic acids is 3. The molecular formula is C14H14O6. The first-order valence-corrected chi connectivity index (χ1v) is 6.17. The second-order valence-corrected chi connectivity index (χ2v) is 4.22. The number of esters is 1. The van der Waals surface area contributed by atoms with Crippen molar-refractivity contribution >= 4 is 18.0 Å². The van der Waals surface area contributed by atoms with E-state index in [9.17, 15) is 14.4 Å². The molecule has 0 saturated carbocycles. The number of rotatable bonds is 4. The van der Waals surface area contributed by atoms with Gasteiger partial charge in [0.25, 0.3) is 0 Å². The van der Waals surface area contributed by atoms with Crippen LogP contribution in [0.15, 0.2) is 12.1 Å². The molecule has 1 heterocycles. The summed E-state index contributed by atoms with van der Waals surface area (Å²) in [7, 11) is 0. The summed E-state index contributed by atoms with van der Waals surface area (Å²) in [6, 6.07) is 3.04. The molecule has 1 aromatic carbocycles. The number of hydrogen-bond acceptors (Lipinski definition) is 6. The van der Waals surface area contributed by atoms with Gasteiger partial charge in [0.15, 0.2) is 17.8 Å². The Labute approximate surface area is 115 Å². The Morgan fingerprint density at radius 2 is 2.20 bits per heavy atom. The lowest BCUT2D eigenvalue weighted by Crippen LogP contribution is -2.38. The van der Waals surface area contributed by atoms with Crippen molar-refractivity contribution in [1.29, 1.82) is 0 Å². The maximum atomic E-state index is 11.6. The molecule has 0 radical (unpaired) electrons. The molecule has 1 atom stereocenters. The van der Waals surface area contributed by atoms with Gasteiger partial charge in [-0.25, -0.2) is 4.79 Å². The Balaban J connectivity index is 2.32. The van der Waals surface area contributed by atoms with Crippen LogP contribution < -0.4 is 9.47 Å². The van der Waals surface area contributed by atoms with E-state index in [1.54, 1.807) is 19.9 Å². The average Bonchev–Trinajstić information content (AvgIpc) is 2.47. The van der Waals surface area contributed by atoms with Gasteiger partial charge < -0.3 is 14.2 Å². The fourth-order valence-electron chi connectivity index (χ4n) is 1.95. The van der Waals surface area contributed by atoms with Crippen LogP contribution in [-0.2, 0) is 14.3 Å². The normalized spacial score (nSPS) is 16.4. The Hall–Kier alpha value is -2.37. The van der Waals surface area contributed by atoms with Crippen molar-refractivity contribution in [2.75, 3.05) is 13.2 Å². The van der Waals surface area contributed by atoms with Crippen LogP contribution in [0.3, 0.4) is 0 Å². The molecule has 0 fully saturated rings. The number of aldehydes is 1. The van der Waals surface area contributed by atoms with Gasteiger partial charge in [-0.15, -0.1) is 0 Å². The number of ether oxygens (including phenoxy) is 3. The van der Waals surface area contributed by atoms with Gasteiger partial charge >= 0.3 is 5.97 Å². The summed E-state index contributed by atoms with van der Waals surface area (Å²) in [5.74, 6) is -0.440. The van der Waals surface area contributed by atoms with Crippen molar-refractivity contribution in [2.24, 2.45) is 0 Å². The molecule has 106 valence electrons. The minimum absolute atomic E-state index is 0.0479. The van der Waals surface area contributed by atoms with Gasteiger partial charge in [-0.3, -0.25) is 9.59 Å². The van der Waals surface area contributed by atoms with Gasteiger partial charge in [-0.2, -0.15) is 0 Å². The largest absolute Gasteiger partial charge is 0.485 e. The van der Waals surface area contributed by atoms with Crippen LogP contribution in [0.25, 0.3) is 0 Å². The molecule has 0 saturated heterocycles. The number of Topliss-reactive ketones (excluding diaryl/α,β-unsaturated/α-hetero) is 1. The van der Waals surface area contributed by atoms with Gasteiger partial charge in [0.05, 0.1) is 6.61 Å². The molecule has 2 rings (SSSR count). The first-order valence-electron chi connectivity index (χ1n) is 6.17. The monoisotopic (exact) mass is 278 g/mol. The maximum Gasteiger partial charge on any atom is 0.350 e. The summed E-state index contributed by atoms with van der Waals surface area (Å²) in [5, 5.41) is 0. The molecule has 0 unspecified atom stereocenters. The van der Waals surface area contributed by atoms with E-state index in [0.29, 0.717) is 17.1 Å². The molecular weight excluding hydrogens is 264 g/mol. The molecule has 0 spiro atoms. The van der Waals surface area contributed by atoms with Gasteiger partial charge in [0.2, 0.25) is 11.9 Å². The van der Waals surface area contributed by atoms with Crippen LogP contribution in [0.5, 0.6) is 11.5 Å². The van der Waals surface area contributed by atoms with Crippen molar-refractivity contribution in [3.05, 3.63) is 23.3 Å². The lowest BCUT2D eigenvalue weighted by Gasteiger charge is -2.26. The quantitative estimate of drug-likeness (QED) is 0.355. The van der Waals surface area contributed by atoms with Gasteiger partial charge in [-0.05, 0) is 26.0 Å². The standard InChI is InChI=1S/C14H14O6/c1-3-18-14(17)12-7-19-11-5-4-9(10(16)6-15)8(2)13(11)20-12/h4-6,12H,3,7H2,1-2H3/t12-/m0/s1. The van der Waals surface area contributed by atoms with E-state index in [-0.39, 0.29) is 25.1 Å². The topological polar surface area (TPSA) is 78.9 Å². The second kappa shape index (κ2) is 5.73. The van der Waals surface area contributed by atoms with Crippen molar-refractivity contribution in [1.82, 2.24) is 0 Å². The Bertz CT molecular complexity index is 563. The Morgan fingerprint density at radius 3 is 2.85 bits per heavy atom. The molecule has 0 aromatic heterocycles. The van der Waals surface area contributed by atoms with Crippen LogP contribution in [0, 0.1) is 6.92 Å².